The third-order valence-electron chi connectivity index (χ3n) is 3.12. The van der Waals surface area contributed by atoms with Crippen LogP contribution in [0.15, 0.2) is 12.1 Å². The summed E-state index contributed by atoms with van der Waals surface area (Å²) in [4.78, 5) is 14.6. The van der Waals surface area contributed by atoms with Crippen LogP contribution in [0, 0.1) is 20.8 Å². The summed E-state index contributed by atoms with van der Waals surface area (Å²) in [5.41, 5.74) is 3.73. The molecule has 0 aromatic heterocycles. The van der Waals surface area contributed by atoms with E-state index in [1.807, 2.05) is 58.6 Å². The summed E-state index contributed by atoms with van der Waals surface area (Å²) in [6, 6.07) is 4.40. The van der Waals surface area contributed by atoms with Gasteiger partial charge in [-0.2, -0.15) is 18.6 Å². The van der Waals surface area contributed by atoms with Gasteiger partial charge >= 0.3 is 18.9 Å². The van der Waals surface area contributed by atoms with Gasteiger partial charge in [0, 0.05) is 12.1 Å². The van der Waals surface area contributed by atoms with Crippen LogP contribution in [0.4, 0.5) is 0 Å². The molecule has 0 spiro atoms. The maximum absolute atomic E-state index is 12.7. The van der Waals surface area contributed by atoms with E-state index in [9.17, 15) is 4.79 Å². The third kappa shape index (κ3) is 4.06. The van der Waals surface area contributed by atoms with Gasteiger partial charge in [0.2, 0.25) is 0 Å². The molecule has 0 N–H and O–H groups in total. The first-order chi connectivity index (χ1) is 8.25. The number of hydrogen-bond donors (Lipinski definition) is 0. The molecule has 0 atom stereocenters. The van der Waals surface area contributed by atoms with Crippen LogP contribution in [0.1, 0.15) is 54.7 Å². The molecule has 0 unspecified atom stereocenters. The fourth-order valence-electron chi connectivity index (χ4n) is 2.56. The summed E-state index contributed by atoms with van der Waals surface area (Å²) >= 11 is 0. The molecule has 0 heterocycles. The predicted molar refractivity (Wildman–Crippen MR) is 76.8 cm³/mol. The summed E-state index contributed by atoms with van der Waals surface area (Å²) in [5, 5.41) is 0. The van der Waals surface area contributed by atoms with Gasteiger partial charge < -0.3 is 4.90 Å². The second kappa shape index (κ2) is 7.08. The zero-order valence-electron chi connectivity index (χ0n) is 13.4. The van der Waals surface area contributed by atoms with Crippen LogP contribution >= 0.6 is 0 Å². The van der Waals surface area contributed by atoms with Crippen LogP contribution in [0.2, 0.25) is 0 Å². The van der Waals surface area contributed by atoms with Crippen LogP contribution in [-0.4, -0.2) is 22.9 Å². The molecule has 0 aliphatic rings. The molecule has 19 heavy (non-hydrogen) atoms. The molecule has 1 aromatic rings. The SMILES string of the molecule is [CH2-]c1cc(C)cc(C)c1C(=O)N(C(C)C)C(C)C.[Li+]. The molecule has 0 bridgehead atoms. The van der Waals surface area contributed by atoms with Crippen molar-refractivity contribution in [3.8, 4) is 0 Å². The van der Waals surface area contributed by atoms with Crippen molar-refractivity contribution < 1.29 is 23.7 Å². The van der Waals surface area contributed by atoms with Gasteiger partial charge in [0.1, 0.15) is 0 Å². The Hall–Kier alpha value is -0.843. The Bertz CT molecular complexity index is 421. The number of rotatable bonds is 3. The molecule has 3 heteroatoms. The van der Waals surface area contributed by atoms with E-state index in [-0.39, 0.29) is 36.9 Å². The number of hydrogen-bond acceptors (Lipinski definition) is 1. The number of carbonyl (C=O) groups is 1. The quantitative estimate of drug-likeness (QED) is 0.575. The maximum Gasteiger partial charge on any atom is 1.00 e. The van der Waals surface area contributed by atoms with E-state index in [1.165, 1.54) is 0 Å². The number of nitrogens with zero attached hydrogens (tertiary/aromatic N) is 1. The normalized spacial score (nSPS) is 10.5. The van der Waals surface area contributed by atoms with Crippen LogP contribution in [-0.2, 0) is 0 Å². The van der Waals surface area contributed by atoms with Crippen LogP contribution in [0.25, 0.3) is 0 Å². The van der Waals surface area contributed by atoms with Crippen molar-refractivity contribution in [3.63, 3.8) is 0 Å². The van der Waals surface area contributed by atoms with Gasteiger partial charge in [-0.1, -0.05) is 31.0 Å². The second-order valence-electron chi connectivity index (χ2n) is 5.52. The monoisotopic (exact) mass is 253 g/mol. The van der Waals surface area contributed by atoms with E-state index in [2.05, 4.69) is 6.92 Å². The molecule has 2 nitrogen and oxygen atoms in total. The largest absolute Gasteiger partial charge is 1.00 e. The molecule has 1 aromatic carbocycles. The molecule has 0 aliphatic carbocycles. The molecule has 100 valence electrons. The molecular formula is C16H24LiNO. The van der Waals surface area contributed by atoms with Gasteiger partial charge in [-0.25, -0.2) is 0 Å². The van der Waals surface area contributed by atoms with E-state index in [0.29, 0.717) is 0 Å². The zero-order valence-corrected chi connectivity index (χ0v) is 13.4. The van der Waals surface area contributed by atoms with Crippen molar-refractivity contribution in [2.75, 3.05) is 0 Å². The Morgan fingerprint density at radius 1 is 1.11 bits per heavy atom. The minimum absolute atomic E-state index is 0. The van der Waals surface area contributed by atoms with Gasteiger partial charge in [0.15, 0.2) is 5.91 Å². The van der Waals surface area contributed by atoms with Crippen LogP contribution in [0.3, 0.4) is 0 Å². The summed E-state index contributed by atoms with van der Waals surface area (Å²) in [6.45, 7) is 16.2. The van der Waals surface area contributed by atoms with Crippen molar-refractivity contribution in [3.05, 3.63) is 41.3 Å². The summed E-state index contributed by atoms with van der Waals surface area (Å²) in [6.07, 6.45) is 0. The Morgan fingerprint density at radius 2 is 1.58 bits per heavy atom. The van der Waals surface area contributed by atoms with E-state index >= 15 is 0 Å². The predicted octanol–water partition coefficient (Wildman–Crippen LogP) is 0.749. The fourth-order valence-corrected chi connectivity index (χ4v) is 2.56. The Labute approximate surface area is 129 Å². The van der Waals surface area contributed by atoms with Gasteiger partial charge in [0.25, 0.3) is 0 Å². The first kappa shape index (κ1) is 18.2. The van der Waals surface area contributed by atoms with E-state index in [1.54, 1.807) is 0 Å². The van der Waals surface area contributed by atoms with Crippen molar-refractivity contribution in [2.45, 2.75) is 53.6 Å². The Balaban J connectivity index is 0.00000324. The average molecular weight is 253 g/mol. The number of benzene rings is 1. The van der Waals surface area contributed by atoms with E-state index in [0.717, 1.165) is 22.3 Å². The van der Waals surface area contributed by atoms with Gasteiger partial charge in [-0.05, 0) is 27.7 Å². The topological polar surface area (TPSA) is 20.3 Å². The molecule has 0 aliphatic heterocycles. The Kier molecular flexibility index (Phi) is 6.76. The van der Waals surface area contributed by atoms with Crippen molar-refractivity contribution >= 4 is 5.91 Å². The summed E-state index contributed by atoms with van der Waals surface area (Å²) in [5.74, 6) is 0.0856. The fraction of sp³-hybridized carbons (Fsp3) is 0.500. The average Bonchev–Trinajstić information content (AvgIpc) is 2.13. The second-order valence-corrected chi connectivity index (χ2v) is 5.52. The van der Waals surface area contributed by atoms with Gasteiger partial charge in [-0.3, -0.25) is 4.79 Å². The third-order valence-corrected chi connectivity index (χ3v) is 3.12. The smallest absolute Gasteiger partial charge is 0.344 e. The van der Waals surface area contributed by atoms with E-state index in [4.69, 9.17) is 0 Å². The van der Waals surface area contributed by atoms with Crippen molar-refractivity contribution in [2.24, 2.45) is 0 Å². The molecule has 0 saturated heterocycles. The molecule has 0 saturated carbocycles. The summed E-state index contributed by atoms with van der Waals surface area (Å²) in [7, 11) is 0. The van der Waals surface area contributed by atoms with E-state index < -0.39 is 0 Å². The standard InChI is InChI=1S/C16H24NO.Li/c1-10(2)17(11(3)4)16(18)15-13(6)8-12(5)9-14(15)7;/h8-11H,6H2,1-5,7H3;/q-1;+1. The molecule has 1 amide bonds. The minimum atomic E-state index is 0. The molecule has 0 radical (unpaired) electrons. The number of carbonyl (C=O) groups excluding carboxylic acids is 1. The van der Waals surface area contributed by atoms with Gasteiger partial charge in [-0.15, -0.1) is 5.56 Å². The summed E-state index contributed by atoms with van der Waals surface area (Å²) < 4.78 is 0. The minimum Gasteiger partial charge on any atom is -0.344 e. The zero-order chi connectivity index (χ0) is 14.0. The Morgan fingerprint density at radius 3 is 1.95 bits per heavy atom. The number of aryl methyl sites for hydroxylation is 2. The van der Waals surface area contributed by atoms with Crippen molar-refractivity contribution in [1.29, 1.82) is 0 Å². The van der Waals surface area contributed by atoms with Gasteiger partial charge in [0.05, 0.1) is 0 Å². The molecular weight excluding hydrogens is 229 g/mol. The first-order valence-corrected chi connectivity index (χ1v) is 6.51. The van der Waals surface area contributed by atoms with Crippen molar-refractivity contribution in [1.82, 2.24) is 4.90 Å². The first-order valence-electron chi connectivity index (χ1n) is 6.51. The molecule has 1 rings (SSSR count). The van der Waals surface area contributed by atoms with Crippen LogP contribution < -0.4 is 18.9 Å². The number of amides is 1. The van der Waals surface area contributed by atoms with Crippen LogP contribution in [0.5, 0.6) is 0 Å². The molecule has 0 fully saturated rings. The maximum atomic E-state index is 12.7.